The first-order valence-corrected chi connectivity index (χ1v) is 25.4. The number of aromatic nitrogens is 3. The second-order valence-corrected chi connectivity index (χ2v) is 26.3. The second-order valence-electron chi connectivity index (χ2n) is 20.7. The molecule has 14 heteroatoms. The largest absolute Gasteiger partial charge is 0.472 e. The third-order valence-electron chi connectivity index (χ3n) is 14.9. The average Bonchev–Trinajstić information content (AvgIpc) is 3.87. The van der Waals surface area contributed by atoms with Gasteiger partial charge in [-0.25, -0.2) is 22.9 Å². The van der Waals surface area contributed by atoms with Gasteiger partial charge in [-0.1, -0.05) is 71.7 Å². The zero-order valence-corrected chi connectivity index (χ0v) is 39.8. The minimum atomic E-state index is -2.31. The number of carbonyl (C=O) groups excluding carboxylic acids is 1. The summed E-state index contributed by atoms with van der Waals surface area (Å²) in [4.78, 5) is 34.9. The molecule has 9 rings (SSSR count). The zero-order chi connectivity index (χ0) is 45.6. The fraction of sp³-hybridized carbons (Fsp3) is 0.560. The fourth-order valence-corrected chi connectivity index (χ4v) is 17.4. The third-order valence-corrected chi connectivity index (χ3v) is 21.2. The molecular weight excluding hydrogens is 834 g/mol. The van der Waals surface area contributed by atoms with Crippen LogP contribution in [0.15, 0.2) is 42.2 Å². The van der Waals surface area contributed by atoms with Crippen LogP contribution in [0.2, 0.25) is 16.6 Å². The maximum Gasteiger partial charge on any atom is 0.410 e. The molecule has 5 aliphatic rings. The predicted octanol–water partition coefficient (Wildman–Crippen LogP) is 10.9. The van der Waals surface area contributed by atoms with E-state index in [0.29, 0.717) is 82.0 Å². The van der Waals surface area contributed by atoms with Gasteiger partial charge in [-0.15, -0.1) is 5.54 Å². The van der Waals surface area contributed by atoms with Crippen LogP contribution >= 0.6 is 0 Å². The Bertz CT molecular complexity index is 2600. The summed E-state index contributed by atoms with van der Waals surface area (Å²) in [6, 6.07) is 7.64. The Labute approximate surface area is 375 Å². The molecule has 5 aliphatic heterocycles. The Morgan fingerprint density at radius 1 is 1.03 bits per heavy atom. The average molecular weight is 895 g/mol. The van der Waals surface area contributed by atoms with Crippen LogP contribution in [-0.4, -0.2) is 101 Å². The Balaban J connectivity index is 1.23. The molecule has 1 amide bonds. The van der Waals surface area contributed by atoms with Crippen molar-refractivity contribution in [1.82, 2.24) is 24.8 Å². The SMILES string of the molecule is CC(C)[Si](C#Cc1c(F)ccc2cccc(-c3nc4c5c(nc(OCC67CCCN6CC(=CF)C7)nc5c3F)N3C[C@H]5CC[C@@H]([C@H]3[C@@H](C)O4)N5C(=O)OC(C)(C)C)c12)(C(C)C)C(C)C. The molecule has 0 radical (unpaired) electrons. The number of carbonyl (C=O) groups is 1. The number of amides is 1. The van der Waals surface area contributed by atoms with E-state index in [9.17, 15) is 9.18 Å². The summed E-state index contributed by atoms with van der Waals surface area (Å²) >= 11 is 0. The van der Waals surface area contributed by atoms with Gasteiger partial charge >= 0.3 is 12.1 Å². The van der Waals surface area contributed by atoms with Crippen LogP contribution < -0.4 is 14.4 Å². The van der Waals surface area contributed by atoms with Gasteiger partial charge in [0.1, 0.15) is 54.6 Å². The number of anilines is 1. The molecule has 340 valence electrons. The van der Waals surface area contributed by atoms with Crippen LogP contribution in [0.3, 0.4) is 0 Å². The molecule has 4 fully saturated rings. The normalized spacial score (nSPS) is 25.0. The van der Waals surface area contributed by atoms with Gasteiger partial charge in [0.2, 0.25) is 5.88 Å². The minimum absolute atomic E-state index is 0.0218. The third kappa shape index (κ3) is 7.20. The molecule has 0 spiro atoms. The highest BCUT2D eigenvalue weighted by molar-refractivity contribution is 6.90. The lowest BCUT2D eigenvalue weighted by Gasteiger charge is -2.48. The number of fused-ring (bicyclic) bond motifs is 7. The van der Waals surface area contributed by atoms with Crippen LogP contribution in [0, 0.1) is 23.1 Å². The summed E-state index contributed by atoms with van der Waals surface area (Å²) in [6.07, 6.45) is 3.53. The highest BCUT2D eigenvalue weighted by Gasteiger charge is 2.54. The quantitative estimate of drug-likeness (QED) is 0.133. The number of benzene rings is 2. The fourth-order valence-electron chi connectivity index (χ4n) is 12.2. The monoisotopic (exact) mass is 894 g/mol. The van der Waals surface area contributed by atoms with Crippen molar-refractivity contribution in [3.05, 3.63) is 59.4 Å². The lowest BCUT2D eigenvalue weighted by Crippen LogP contribution is -2.65. The molecule has 1 unspecified atom stereocenters. The number of pyridine rings is 1. The summed E-state index contributed by atoms with van der Waals surface area (Å²) in [7, 11) is -2.31. The molecule has 64 heavy (non-hydrogen) atoms. The summed E-state index contributed by atoms with van der Waals surface area (Å²) in [5.41, 5.74) is 4.70. The number of nitrogens with zero attached hydrogens (tertiary/aromatic N) is 6. The molecular formula is C50H61F3N6O4Si. The second kappa shape index (κ2) is 16.2. The van der Waals surface area contributed by atoms with E-state index < -0.39 is 43.0 Å². The maximum absolute atomic E-state index is 18.0. The molecule has 5 atom stereocenters. The van der Waals surface area contributed by atoms with Gasteiger partial charge in [-0.3, -0.25) is 9.80 Å². The highest BCUT2D eigenvalue weighted by atomic mass is 28.3. The number of rotatable bonds is 7. The van der Waals surface area contributed by atoms with Crippen molar-refractivity contribution in [3.63, 3.8) is 0 Å². The van der Waals surface area contributed by atoms with Crippen LogP contribution in [0.5, 0.6) is 11.9 Å². The highest BCUT2D eigenvalue weighted by Crippen LogP contribution is 2.48. The van der Waals surface area contributed by atoms with Gasteiger partial charge in [0.15, 0.2) is 5.82 Å². The summed E-state index contributed by atoms with van der Waals surface area (Å²) in [5, 5.41) is 1.45. The zero-order valence-electron chi connectivity index (χ0n) is 38.8. The predicted molar refractivity (Wildman–Crippen MR) is 247 cm³/mol. The van der Waals surface area contributed by atoms with E-state index >= 15 is 8.78 Å². The van der Waals surface area contributed by atoms with Crippen LogP contribution in [0.1, 0.15) is 107 Å². The molecule has 4 saturated heterocycles. The number of hydrogen-bond donors (Lipinski definition) is 0. The van der Waals surface area contributed by atoms with Gasteiger partial charge in [0.25, 0.3) is 0 Å². The first kappa shape index (κ1) is 44.3. The van der Waals surface area contributed by atoms with E-state index in [1.165, 1.54) is 6.07 Å². The lowest BCUT2D eigenvalue weighted by atomic mass is 9.94. The van der Waals surface area contributed by atoms with Gasteiger partial charge in [0, 0.05) is 24.0 Å². The Kier molecular flexibility index (Phi) is 11.2. The van der Waals surface area contributed by atoms with Gasteiger partial charge < -0.3 is 19.1 Å². The van der Waals surface area contributed by atoms with Gasteiger partial charge in [-0.05, 0) is 100.0 Å². The van der Waals surface area contributed by atoms with Crippen molar-refractivity contribution in [3.8, 4) is 34.6 Å². The van der Waals surface area contributed by atoms with Crippen LogP contribution in [0.4, 0.5) is 23.8 Å². The standard InChI is InChI=1S/C50H61F3N6O4Si/c1-28(2)64(29(3)4,30(5)6)22-19-35-37(52)17-15-33-13-11-14-36(39(33)35)42-41(53)43-40-45(56-47(55-43)61-27-50-20-12-21-57(50)25-32(23-50)24-51)58-26-34-16-18-38(44(58)31(7)62-46(40)54-42)59(34)48(60)63-49(8,9)10/h11,13-15,17,24,28-31,34,38,44H,12,16,18,20-21,23,25-27H2,1-10H3/t31-,34-,38+,44-,50?/m1/s1. The van der Waals surface area contributed by atoms with Crippen molar-refractivity contribution in [2.45, 2.75) is 153 Å². The van der Waals surface area contributed by atoms with E-state index in [1.807, 2.05) is 44.7 Å². The van der Waals surface area contributed by atoms with E-state index in [2.05, 4.69) is 62.8 Å². The first-order chi connectivity index (χ1) is 30.4. The molecule has 10 nitrogen and oxygen atoms in total. The first-order valence-electron chi connectivity index (χ1n) is 23.1. The minimum Gasteiger partial charge on any atom is -0.472 e. The number of piperazine rings is 1. The molecule has 2 aromatic carbocycles. The van der Waals surface area contributed by atoms with E-state index in [4.69, 9.17) is 29.2 Å². The summed E-state index contributed by atoms with van der Waals surface area (Å²) in [5.74, 6) is 2.68. The molecule has 2 bridgehead atoms. The van der Waals surface area contributed by atoms with Gasteiger partial charge in [0.05, 0.1) is 35.6 Å². The van der Waals surface area contributed by atoms with Crippen molar-refractivity contribution in [2.24, 2.45) is 0 Å². The lowest BCUT2D eigenvalue weighted by molar-refractivity contribution is 0.000934. The van der Waals surface area contributed by atoms with Crippen LogP contribution in [-0.2, 0) is 4.74 Å². The van der Waals surface area contributed by atoms with Crippen molar-refractivity contribution < 1.29 is 32.2 Å². The molecule has 0 aliphatic carbocycles. The maximum atomic E-state index is 18.0. The van der Waals surface area contributed by atoms with Gasteiger partial charge in [-0.2, -0.15) is 9.97 Å². The van der Waals surface area contributed by atoms with Crippen LogP contribution in [0.25, 0.3) is 32.9 Å². The van der Waals surface area contributed by atoms with Crippen molar-refractivity contribution >= 4 is 41.7 Å². The number of ether oxygens (including phenoxy) is 3. The summed E-state index contributed by atoms with van der Waals surface area (Å²) < 4.78 is 67.5. The number of halogens is 3. The smallest absolute Gasteiger partial charge is 0.410 e. The Morgan fingerprint density at radius 2 is 1.78 bits per heavy atom. The molecule has 0 N–H and O–H groups in total. The number of hydrogen-bond acceptors (Lipinski definition) is 9. The molecule has 7 heterocycles. The van der Waals surface area contributed by atoms with E-state index in [0.717, 1.165) is 25.8 Å². The topological polar surface area (TPSA) is 93.2 Å². The van der Waals surface area contributed by atoms with E-state index in [-0.39, 0.29) is 53.4 Å². The molecule has 0 saturated carbocycles. The summed E-state index contributed by atoms with van der Waals surface area (Å²) in [6.45, 7) is 22.7. The molecule has 2 aromatic heterocycles. The Hall–Kier alpha value is -4.87. The van der Waals surface area contributed by atoms with E-state index in [1.54, 1.807) is 12.1 Å². The molecule has 4 aromatic rings. The Morgan fingerprint density at radius 3 is 2.48 bits per heavy atom. The van der Waals surface area contributed by atoms with Crippen molar-refractivity contribution in [1.29, 1.82) is 0 Å². The van der Waals surface area contributed by atoms with Crippen molar-refractivity contribution in [2.75, 3.05) is 31.1 Å².